The molecule has 0 atom stereocenters. The summed E-state index contributed by atoms with van der Waals surface area (Å²) in [6, 6.07) is 3.55. The van der Waals surface area contributed by atoms with Crippen LogP contribution >= 0.6 is 11.3 Å². The van der Waals surface area contributed by atoms with E-state index in [-0.39, 0.29) is 4.74 Å². The lowest BCUT2D eigenvalue weighted by molar-refractivity contribution is 1.49. The number of hydrogen-bond donors (Lipinski definition) is 0. The average Bonchev–Trinajstić information content (AvgIpc) is 1.64. The molecule has 0 amide bonds. The van der Waals surface area contributed by atoms with E-state index in [1.54, 1.807) is 11.4 Å². The molecule has 0 aromatic carbocycles. The summed E-state index contributed by atoms with van der Waals surface area (Å²) >= 11 is 1.23. The molecule has 0 aliphatic rings. The normalized spacial score (nSPS) is 9.12. The predicted octanol–water partition coefficient (Wildman–Crippen LogP) is 1.42. The lowest BCUT2D eigenvalue weighted by Crippen LogP contribution is -1.89. The predicted molar refractivity (Wildman–Crippen MR) is 35.3 cm³/mol. The van der Waals surface area contributed by atoms with Gasteiger partial charge in [0.1, 0.15) is 0 Å². The van der Waals surface area contributed by atoms with E-state index < -0.39 is 0 Å². The standard InChI is InChI=1S/C6H6OS/c1-5-2-3-8-6(7)4-5/h2-4H,1H3. The molecule has 0 aliphatic carbocycles. The Hall–Kier alpha value is -0.630. The Morgan fingerprint density at radius 3 is 2.75 bits per heavy atom. The van der Waals surface area contributed by atoms with Gasteiger partial charge in [-0.2, -0.15) is 0 Å². The van der Waals surface area contributed by atoms with Gasteiger partial charge in [0.25, 0.3) is 0 Å². The molecule has 1 heterocycles. The van der Waals surface area contributed by atoms with Gasteiger partial charge in [-0.25, -0.2) is 0 Å². The zero-order valence-corrected chi connectivity index (χ0v) is 5.37. The van der Waals surface area contributed by atoms with Crippen molar-refractivity contribution in [2.75, 3.05) is 0 Å². The zero-order valence-electron chi connectivity index (χ0n) is 4.55. The van der Waals surface area contributed by atoms with Crippen molar-refractivity contribution in [3.05, 3.63) is 32.6 Å². The van der Waals surface area contributed by atoms with Crippen LogP contribution in [0.25, 0.3) is 0 Å². The molecule has 1 aromatic heterocycles. The minimum absolute atomic E-state index is 0.130. The minimum Gasteiger partial charge on any atom is -0.278 e. The third-order valence-corrected chi connectivity index (χ3v) is 1.48. The molecule has 0 fully saturated rings. The highest BCUT2D eigenvalue weighted by molar-refractivity contribution is 7.07. The summed E-state index contributed by atoms with van der Waals surface area (Å²) in [5, 5.41) is 1.80. The second kappa shape index (κ2) is 2.09. The van der Waals surface area contributed by atoms with Crippen molar-refractivity contribution in [3.63, 3.8) is 0 Å². The SMILES string of the molecule is Cc1ccsc(=O)c1. The van der Waals surface area contributed by atoms with Crippen LogP contribution in [0, 0.1) is 6.92 Å². The Bertz CT molecular complexity index is 226. The van der Waals surface area contributed by atoms with E-state index in [0.29, 0.717) is 0 Å². The van der Waals surface area contributed by atoms with Gasteiger partial charge in [-0.3, -0.25) is 4.79 Å². The van der Waals surface area contributed by atoms with Crippen LogP contribution in [0.4, 0.5) is 0 Å². The summed E-state index contributed by atoms with van der Waals surface area (Å²) in [4.78, 5) is 10.5. The van der Waals surface area contributed by atoms with E-state index in [1.165, 1.54) is 11.3 Å². The summed E-state index contributed by atoms with van der Waals surface area (Å²) in [6.45, 7) is 1.91. The maximum Gasteiger partial charge on any atom is 0.232 e. The summed E-state index contributed by atoms with van der Waals surface area (Å²) in [7, 11) is 0. The Morgan fingerprint density at radius 2 is 2.38 bits per heavy atom. The molecule has 2 heteroatoms. The molecule has 0 spiro atoms. The molecule has 1 nitrogen and oxygen atoms in total. The van der Waals surface area contributed by atoms with E-state index in [9.17, 15) is 4.79 Å². The highest BCUT2D eigenvalue weighted by Crippen LogP contribution is 1.92. The van der Waals surface area contributed by atoms with Crippen LogP contribution < -0.4 is 4.74 Å². The average molecular weight is 126 g/mol. The van der Waals surface area contributed by atoms with Gasteiger partial charge in [-0.05, 0) is 30.0 Å². The quantitative estimate of drug-likeness (QED) is 0.513. The van der Waals surface area contributed by atoms with E-state index >= 15 is 0 Å². The summed E-state index contributed by atoms with van der Waals surface area (Å²) in [5.74, 6) is 0. The van der Waals surface area contributed by atoms with E-state index in [1.807, 2.05) is 13.0 Å². The van der Waals surface area contributed by atoms with Crippen molar-refractivity contribution < 1.29 is 0 Å². The molecule has 8 heavy (non-hydrogen) atoms. The van der Waals surface area contributed by atoms with Gasteiger partial charge in [0, 0.05) is 0 Å². The van der Waals surface area contributed by atoms with Crippen molar-refractivity contribution in [2.24, 2.45) is 0 Å². The van der Waals surface area contributed by atoms with E-state index in [4.69, 9.17) is 0 Å². The second-order valence-electron chi connectivity index (χ2n) is 1.63. The maximum atomic E-state index is 10.5. The Morgan fingerprint density at radius 1 is 1.62 bits per heavy atom. The molecular formula is C6H6OS. The fourth-order valence-electron chi connectivity index (χ4n) is 0.476. The van der Waals surface area contributed by atoms with Gasteiger partial charge in [-0.15, -0.1) is 11.3 Å². The Kier molecular flexibility index (Phi) is 1.44. The van der Waals surface area contributed by atoms with Crippen molar-refractivity contribution >= 4 is 11.3 Å². The van der Waals surface area contributed by atoms with Crippen molar-refractivity contribution in [2.45, 2.75) is 6.92 Å². The Balaban J connectivity index is 3.28. The van der Waals surface area contributed by atoms with Gasteiger partial charge in [0.05, 0.1) is 0 Å². The summed E-state index contributed by atoms with van der Waals surface area (Å²) in [6.07, 6.45) is 0. The van der Waals surface area contributed by atoms with Gasteiger partial charge in [0.2, 0.25) is 4.74 Å². The molecule has 0 saturated carbocycles. The topological polar surface area (TPSA) is 17.1 Å². The smallest absolute Gasteiger partial charge is 0.232 e. The van der Waals surface area contributed by atoms with Gasteiger partial charge in [-0.1, -0.05) is 0 Å². The van der Waals surface area contributed by atoms with Crippen molar-refractivity contribution in [1.82, 2.24) is 0 Å². The lowest BCUT2D eigenvalue weighted by Gasteiger charge is -1.81. The van der Waals surface area contributed by atoms with Crippen LogP contribution in [0.15, 0.2) is 22.3 Å². The first-order valence-electron chi connectivity index (χ1n) is 2.34. The van der Waals surface area contributed by atoms with Crippen LogP contribution in [0.2, 0.25) is 0 Å². The summed E-state index contributed by atoms with van der Waals surface area (Å²) in [5.41, 5.74) is 1.04. The maximum absolute atomic E-state index is 10.5. The molecule has 0 bridgehead atoms. The Labute approximate surface area is 51.6 Å². The molecule has 1 aromatic rings. The molecule has 0 radical (unpaired) electrons. The number of aryl methyl sites for hydroxylation is 1. The number of hydrogen-bond acceptors (Lipinski definition) is 2. The summed E-state index contributed by atoms with van der Waals surface area (Å²) < 4.78 is 0.130. The molecule has 1 rings (SSSR count). The monoisotopic (exact) mass is 126 g/mol. The molecule has 0 aliphatic heterocycles. The van der Waals surface area contributed by atoms with E-state index in [0.717, 1.165) is 5.56 Å². The fraction of sp³-hybridized carbons (Fsp3) is 0.167. The third-order valence-electron chi connectivity index (χ3n) is 0.861. The van der Waals surface area contributed by atoms with Crippen LogP contribution in [0.5, 0.6) is 0 Å². The molecule has 42 valence electrons. The molecular weight excluding hydrogens is 120 g/mol. The molecule has 0 N–H and O–H groups in total. The van der Waals surface area contributed by atoms with Gasteiger partial charge in [0.15, 0.2) is 0 Å². The number of rotatable bonds is 0. The first kappa shape index (κ1) is 5.51. The fourth-order valence-corrected chi connectivity index (χ4v) is 1.15. The van der Waals surface area contributed by atoms with Crippen LogP contribution in [0.3, 0.4) is 0 Å². The third kappa shape index (κ3) is 1.17. The highest BCUT2D eigenvalue weighted by Gasteiger charge is 1.81. The minimum atomic E-state index is 0.130. The second-order valence-corrected chi connectivity index (χ2v) is 2.54. The zero-order chi connectivity index (χ0) is 5.98. The highest BCUT2D eigenvalue weighted by atomic mass is 32.1. The van der Waals surface area contributed by atoms with E-state index in [2.05, 4.69) is 0 Å². The molecule has 0 saturated heterocycles. The van der Waals surface area contributed by atoms with Gasteiger partial charge >= 0.3 is 0 Å². The first-order valence-corrected chi connectivity index (χ1v) is 3.22. The van der Waals surface area contributed by atoms with Crippen LogP contribution in [-0.2, 0) is 0 Å². The molecule has 0 unspecified atom stereocenters. The first-order chi connectivity index (χ1) is 3.79. The lowest BCUT2D eigenvalue weighted by atomic mass is 10.3. The van der Waals surface area contributed by atoms with Crippen LogP contribution in [-0.4, -0.2) is 0 Å². The largest absolute Gasteiger partial charge is 0.278 e. The van der Waals surface area contributed by atoms with Crippen molar-refractivity contribution in [3.8, 4) is 0 Å². The van der Waals surface area contributed by atoms with Gasteiger partial charge < -0.3 is 0 Å². The van der Waals surface area contributed by atoms with Crippen LogP contribution in [0.1, 0.15) is 5.56 Å². The van der Waals surface area contributed by atoms with Crippen molar-refractivity contribution in [1.29, 1.82) is 0 Å².